The number of rotatable bonds is 9. The molecule has 1 spiro atoms. The van der Waals surface area contributed by atoms with Crippen molar-refractivity contribution >= 4 is 30.3 Å². The third-order valence-corrected chi connectivity index (χ3v) is 7.73. The number of halogens is 1. The molecule has 0 saturated carbocycles. The normalized spacial score (nSPS) is 17.2. The van der Waals surface area contributed by atoms with Crippen LogP contribution in [0.2, 0.25) is 0 Å². The number of likely N-dealkylation sites (tertiary alicyclic amines) is 1. The van der Waals surface area contributed by atoms with E-state index < -0.39 is 5.54 Å². The summed E-state index contributed by atoms with van der Waals surface area (Å²) in [7, 11) is 1.60. The van der Waals surface area contributed by atoms with E-state index in [4.69, 9.17) is 4.74 Å². The molecular formula is C31H35ClN4O4. The van der Waals surface area contributed by atoms with Crippen molar-refractivity contribution in [2.75, 3.05) is 26.7 Å². The summed E-state index contributed by atoms with van der Waals surface area (Å²) >= 11 is 0. The number of nitrogens with one attached hydrogen (secondary N) is 2. The molecule has 3 aromatic carbocycles. The molecule has 0 radical (unpaired) electrons. The lowest BCUT2D eigenvalue weighted by atomic mass is 9.87. The maximum Gasteiger partial charge on any atom is 0.325 e. The van der Waals surface area contributed by atoms with Gasteiger partial charge in [-0.2, -0.15) is 0 Å². The number of carbonyl (C=O) groups is 3. The molecule has 8 nitrogen and oxygen atoms in total. The lowest BCUT2D eigenvalue weighted by molar-refractivity contribution is -0.133. The fraction of sp³-hybridized carbons (Fsp3) is 0.323. The fourth-order valence-electron chi connectivity index (χ4n) is 5.38. The minimum atomic E-state index is -0.847. The highest BCUT2D eigenvalue weighted by Gasteiger charge is 2.52. The van der Waals surface area contributed by atoms with Crippen molar-refractivity contribution in [2.24, 2.45) is 0 Å². The first kappa shape index (κ1) is 29.1. The summed E-state index contributed by atoms with van der Waals surface area (Å²) in [5.74, 6) is 0.479. The van der Waals surface area contributed by atoms with Gasteiger partial charge in [-0.25, -0.2) is 4.79 Å². The van der Waals surface area contributed by atoms with Gasteiger partial charge >= 0.3 is 6.03 Å². The average molecular weight is 563 g/mol. The van der Waals surface area contributed by atoms with E-state index >= 15 is 0 Å². The molecule has 0 aliphatic carbocycles. The van der Waals surface area contributed by atoms with Crippen LogP contribution in [-0.2, 0) is 11.3 Å². The van der Waals surface area contributed by atoms with Gasteiger partial charge < -0.3 is 20.3 Å². The number of imide groups is 1. The zero-order valence-corrected chi connectivity index (χ0v) is 23.4. The third-order valence-electron chi connectivity index (χ3n) is 7.73. The van der Waals surface area contributed by atoms with Gasteiger partial charge in [0.1, 0.15) is 11.3 Å². The van der Waals surface area contributed by atoms with E-state index in [1.165, 1.54) is 4.90 Å². The minimum absolute atomic E-state index is 0. The van der Waals surface area contributed by atoms with Crippen molar-refractivity contribution in [1.29, 1.82) is 0 Å². The standard InChI is InChI=1S/C31H34N4O4.ClH/c1-39-26-14-12-23(13-15-26)22-35-29(37)31(33-30(35)38)17-20-34(21-18-31)19-16-27(24-8-4-2-5-9-24)32-28(36)25-10-6-3-7-11-25;/h2-15,27H,16-22H2,1H3,(H,32,36)(H,33,38);1H/t27-;/m0./s1. The van der Waals surface area contributed by atoms with Crippen molar-refractivity contribution in [1.82, 2.24) is 20.4 Å². The first-order valence-corrected chi connectivity index (χ1v) is 13.4. The number of ether oxygens (including phenoxy) is 1. The Morgan fingerprint density at radius 2 is 1.57 bits per heavy atom. The van der Waals surface area contributed by atoms with E-state index in [2.05, 4.69) is 15.5 Å². The molecule has 2 aliphatic heterocycles. The summed E-state index contributed by atoms with van der Waals surface area (Å²) in [6, 6.07) is 26.1. The van der Waals surface area contributed by atoms with E-state index in [0.717, 1.165) is 29.8 Å². The second kappa shape index (κ2) is 13.0. The Balaban J connectivity index is 0.00000370. The average Bonchev–Trinajstić information content (AvgIpc) is 3.21. The molecule has 0 aromatic heterocycles. The highest BCUT2D eigenvalue weighted by molar-refractivity contribution is 6.07. The van der Waals surface area contributed by atoms with Crippen LogP contribution in [0.4, 0.5) is 4.79 Å². The van der Waals surface area contributed by atoms with Gasteiger partial charge in [0.2, 0.25) is 0 Å². The lowest BCUT2D eigenvalue weighted by Gasteiger charge is -2.37. The quantitative estimate of drug-likeness (QED) is 0.373. The van der Waals surface area contributed by atoms with Crippen LogP contribution >= 0.6 is 12.4 Å². The number of amides is 4. The number of hydrogen-bond donors (Lipinski definition) is 2. The van der Waals surface area contributed by atoms with Crippen LogP contribution in [0.1, 0.15) is 46.8 Å². The summed E-state index contributed by atoms with van der Waals surface area (Å²) in [5.41, 5.74) is 1.72. The van der Waals surface area contributed by atoms with Gasteiger partial charge in [0, 0.05) is 25.2 Å². The van der Waals surface area contributed by atoms with Crippen molar-refractivity contribution in [2.45, 2.75) is 37.4 Å². The second-order valence-electron chi connectivity index (χ2n) is 10.2. The number of nitrogens with zero attached hydrogens (tertiary/aromatic N) is 2. The van der Waals surface area contributed by atoms with Crippen LogP contribution in [0.15, 0.2) is 84.9 Å². The number of benzene rings is 3. The molecular weight excluding hydrogens is 528 g/mol. The maximum atomic E-state index is 13.4. The Labute approximate surface area is 241 Å². The first-order valence-electron chi connectivity index (χ1n) is 13.4. The Kier molecular flexibility index (Phi) is 9.45. The summed E-state index contributed by atoms with van der Waals surface area (Å²) < 4.78 is 5.20. The van der Waals surface area contributed by atoms with E-state index in [-0.39, 0.29) is 42.8 Å². The molecule has 2 N–H and O–H groups in total. The molecule has 2 fully saturated rings. The Morgan fingerprint density at radius 3 is 2.20 bits per heavy atom. The molecule has 40 heavy (non-hydrogen) atoms. The Hall–Kier alpha value is -3.88. The van der Waals surface area contributed by atoms with Gasteiger partial charge in [0.25, 0.3) is 11.8 Å². The van der Waals surface area contributed by atoms with Gasteiger partial charge in [0.15, 0.2) is 0 Å². The van der Waals surface area contributed by atoms with Crippen molar-refractivity contribution < 1.29 is 19.1 Å². The predicted molar refractivity (Wildman–Crippen MR) is 155 cm³/mol. The third kappa shape index (κ3) is 6.46. The summed E-state index contributed by atoms with van der Waals surface area (Å²) in [5, 5.41) is 6.19. The lowest BCUT2D eigenvalue weighted by Crippen LogP contribution is -2.55. The van der Waals surface area contributed by atoms with Crippen LogP contribution in [-0.4, -0.2) is 59.9 Å². The molecule has 2 aliphatic rings. The van der Waals surface area contributed by atoms with E-state index in [0.29, 0.717) is 31.5 Å². The largest absolute Gasteiger partial charge is 0.497 e. The van der Waals surface area contributed by atoms with E-state index in [1.807, 2.05) is 84.9 Å². The SMILES string of the molecule is COc1ccc(CN2C(=O)NC3(CCN(CC[C@H](NC(=O)c4ccccc4)c4ccccc4)CC3)C2=O)cc1.Cl. The first-order chi connectivity index (χ1) is 19.0. The van der Waals surface area contributed by atoms with Crippen LogP contribution in [0.3, 0.4) is 0 Å². The number of hydrogen-bond acceptors (Lipinski definition) is 5. The molecule has 9 heteroatoms. The van der Waals surface area contributed by atoms with E-state index in [9.17, 15) is 14.4 Å². The monoisotopic (exact) mass is 562 g/mol. The molecule has 1 atom stereocenters. The van der Waals surface area contributed by atoms with Crippen LogP contribution < -0.4 is 15.4 Å². The van der Waals surface area contributed by atoms with Crippen molar-refractivity contribution in [3.8, 4) is 5.75 Å². The van der Waals surface area contributed by atoms with Gasteiger partial charge in [-0.1, -0.05) is 60.7 Å². The molecule has 4 amide bonds. The van der Waals surface area contributed by atoms with Gasteiger partial charge in [-0.05, 0) is 54.7 Å². The highest BCUT2D eigenvalue weighted by Crippen LogP contribution is 2.31. The maximum absolute atomic E-state index is 13.4. The zero-order valence-electron chi connectivity index (χ0n) is 22.5. The molecule has 5 rings (SSSR count). The number of carbonyl (C=O) groups excluding carboxylic acids is 3. The van der Waals surface area contributed by atoms with Crippen molar-refractivity contribution in [3.05, 3.63) is 102 Å². The van der Waals surface area contributed by atoms with Gasteiger partial charge in [-0.3, -0.25) is 14.5 Å². The smallest absolute Gasteiger partial charge is 0.325 e. The van der Waals surface area contributed by atoms with Crippen molar-refractivity contribution in [3.63, 3.8) is 0 Å². The predicted octanol–water partition coefficient (Wildman–Crippen LogP) is 4.56. The number of urea groups is 1. The minimum Gasteiger partial charge on any atom is -0.497 e. The molecule has 0 unspecified atom stereocenters. The van der Waals surface area contributed by atoms with Gasteiger partial charge in [0.05, 0.1) is 19.7 Å². The fourth-order valence-corrected chi connectivity index (χ4v) is 5.38. The zero-order chi connectivity index (χ0) is 27.2. The molecule has 3 aromatic rings. The molecule has 2 heterocycles. The van der Waals surface area contributed by atoms with Crippen LogP contribution in [0, 0.1) is 0 Å². The summed E-state index contributed by atoms with van der Waals surface area (Å²) in [6.45, 7) is 2.38. The van der Waals surface area contributed by atoms with Gasteiger partial charge in [-0.15, -0.1) is 12.4 Å². The summed E-state index contributed by atoms with van der Waals surface area (Å²) in [4.78, 5) is 42.7. The van der Waals surface area contributed by atoms with E-state index in [1.54, 1.807) is 7.11 Å². The van der Waals surface area contributed by atoms with Crippen LogP contribution in [0.25, 0.3) is 0 Å². The highest BCUT2D eigenvalue weighted by atomic mass is 35.5. The second-order valence-corrected chi connectivity index (χ2v) is 10.2. The van der Waals surface area contributed by atoms with Crippen LogP contribution in [0.5, 0.6) is 5.75 Å². The molecule has 210 valence electrons. The molecule has 0 bridgehead atoms. The topological polar surface area (TPSA) is 91.0 Å². The number of piperidine rings is 1. The number of methoxy groups -OCH3 is 1. The summed E-state index contributed by atoms with van der Waals surface area (Å²) in [6.07, 6.45) is 1.85. The Morgan fingerprint density at radius 1 is 0.950 bits per heavy atom. The Bertz CT molecular complexity index is 1300. The molecule has 2 saturated heterocycles.